The zero-order valence-corrected chi connectivity index (χ0v) is 22.3. The van der Waals surface area contributed by atoms with Crippen molar-refractivity contribution in [1.29, 1.82) is 0 Å². The lowest BCUT2D eigenvalue weighted by Crippen LogP contribution is -2.48. The molecular formula is C29H47N2O3+. The van der Waals surface area contributed by atoms with E-state index in [1.807, 2.05) is 26.0 Å². The minimum Gasteiger partial charge on any atom is -0.426 e. The average molecular weight is 472 g/mol. The molecule has 1 aromatic heterocycles. The van der Waals surface area contributed by atoms with Crippen molar-refractivity contribution in [2.24, 2.45) is 0 Å². The van der Waals surface area contributed by atoms with Gasteiger partial charge >= 0.3 is 5.97 Å². The molecule has 1 N–H and O–H groups in total. The standard InChI is InChI=1S/C29H46N2O3/c1-6-25-23(5)26-20-19-24(22-27(26)30-29(25)33)34-28(32)18-16-14-12-10-11-13-15-17-21-31(7-2,8-3)9-4/h19-20,22H,6-18,21H2,1-5H3/p+1. The summed E-state index contributed by atoms with van der Waals surface area (Å²) in [6.07, 6.45) is 10.8. The van der Waals surface area contributed by atoms with Crippen LogP contribution in [0.15, 0.2) is 23.0 Å². The van der Waals surface area contributed by atoms with Crippen molar-refractivity contribution in [3.8, 4) is 5.75 Å². The van der Waals surface area contributed by atoms with Crippen molar-refractivity contribution in [2.45, 2.75) is 98.8 Å². The van der Waals surface area contributed by atoms with Crippen LogP contribution in [-0.4, -0.2) is 41.6 Å². The molecule has 0 atom stereocenters. The molecule has 0 saturated carbocycles. The minimum atomic E-state index is -0.201. The van der Waals surface area contributed by atoms with Crippen LogP contribution in [0.5, 0.6) is 5.75 Å². The number of quaternary nitrogens is 1. The number of rotatable bonds is 16. The second-order valence-electron chi connectivity index (χ2n) is 9.69. The summed E-state index contributed by atoms with van der Waals surface area (Å²) in [5, 5.41) is 0.996. The number of nitrogens with zero attached hydrogens (tertiary/aromatic N) is 1. The van der Waals surface area contributed by atoms with Crippen LogP contribution in [0.4, 0.5) is 0 Å². The zero-order chi connectivity index (χ0) is 25.0. The molecule has 0 saturated heterocycles. The fourth-order valence-corrected chi connectivity index (χ4v) is 5.08. The summed E-state index contributed by atoms with van der Waals surface area (Å²) in [5.74, 6) is 0.293. The molecule has 0 fully saturated rings. The lowest BCUT2D eigenvalue weighted by atomic mass is 10.0. The number of aromatic nitrogens is 1. The number of benzene rings is 1. The molecule has 0 radical (unpaired) electrons. The molecule has 2 rings (SSSR count). The minimum absolute atomic E-state index is 0.0638. The van der Waals surface area contributed by atoms with Crippen molar-refractivity contribution < 1.29 is 14.0 Å². The Balaban J connectivity index is 1.62. The topological polar surface area (TPSA) is 59.2 Å². The van der Waals surface area contributed by atoms with E-state index in [0.717, 1.165) is 29.4 Å². The maximum absolute atomic E-state index is 12.2. The number of esters is 1. The van der Waals surface area contributed by atoms with Crippen LogP contribution < -0.4 is 10.3 Å². The van der Waals surface area contributed by atoms with E-state index in [-0.39, 0.29) is 11.5 Å². The smallest absolute Gasteiger partial charge is 0.311 e. The first kappa shape index (κ1) is 28.1. The second-order valence-corrected chi connectivity index (χ2v) is 9.69. The fourth-order valence-electron chi connectivity index (χ4n) is 5.08. The Hall–Kier alpha value is -2.14. The molecule has 0 bridgehead atoms. The number of aromatic amines is 1. The van der Waals surface area contributed by atoms with Gasteiger partial charge in [-0.05, 0) is 71.1 Å². The maximum atomic E-state index is 12.2. The van der Waals surface area contributed by atoms with Gasteiger partial charge in [-0.1, -0.05) is 39.0 Å². The van der Waals surface area contributed by atoms with Gasteiger partial charge < -0.3 is 14.2 Å². The average Bonchev–Trinajstić information content (AvgIpc) is 2.83. The zero-order valence-electron chi connectivity index (χ0n) is 22.3. The number of aryl methyl sites for hydroxylation is 1. The Morgan fingerprint density at radius 2 is 1.47 bits per heavy atom. The van der Waals surface area contributed by atoms with E-state index in [4.69, 9.17) is 4.74 Å². The largest absolute Gasteiger partial charge is 0.426 e. The van der Waals surface area contributed by atoms with Crippen LogP contribution in [0.25, 0.3) is 10.9 Å². The van der Waals surface area contributed by atoms with E-state index >= 15 is 0 Å². The number of carbonyl (C=O) groups excluding carboxylic acids is 1. The Labute approximate surface area is 206 Å². The second kappa shape index (κ2) is 14.3. The predicted octanol–water partition coefficient (Wildman–Crippen LogP) is 6.69. The summed E-state index contributed by atoms with van der Waals surface area (Å²) in [7, 11) is 0. The Morgan fingerprint density at radius 3 is 2.06 bits per heavy atom. The van der Waals surface area contributed by atoms with E-state index in [1.165, 1.54) is 69.2 Å². The molecule has 34 heavy (non-hydrogen) atoms. The number of pyridine rings is 1. The molecule has 0 aliphatic rings. The molecule has 2 aromatic rings. The van der Waals surface area contributed by atoms with Crippen LogP contribution >= 0.6 is 0 Å². The van der Waals surface area contributed by atoms with Gasteiger partial charge in [-0.25, -0.2) is 0 Å². The van der Waals surface area contributed by atoms with Crippen LogP contribution in [0.2, 0.25) is 0 Å². The van der Waals surface area contributed by atoms with E-state index in [2.05, 4.69) is 25.8 Å². The summed E-state index contributed by atoms with van der Waals surface area (Å²) < 4.78 is 6.78. The molecule has 0 aliphatic heterocycles. The number of hydrogen-bond donors (Lipinski definition) is 1. The van der Waals surface area contributed by atoms with Gasteiger partial charge in [0.25, 0.3) is 5.56 Å². The number of unbranched alkanes of at least 4 members (excludes halogenated alkanes) is 7. The van der Waals surface area contributed by atoms with E-state index in [0.29, 0.717) is 24.1 Å². The molecule has 1 heterocycles. The molecule has 0 unspecified atom stereocenters. The lowest BCUT2D eigenvalue weighted by Gasteiger charge is -2.35. The van der Waals surface area contributed by atoms with Crippen molar-refractivity contribution in [1.82, 2.24) is 4.98 Å². The van der Waals surface area contributed by atoms with Gasteiger partial charge in [0.15, 0.2) is 0 Å². The Kier molecular flexibility index (Phi) is 11.8. The summed E-state index contributed by atoms with van der Waals surface area (Å²) in [4.78, 5) is 27.4. The molecule has 5 nitrogen and oxygen atoms in total. The molecule has 0 aliphatic carbocycles. The normalized spacial score (nSPS) is 11.8. The highest BCUT2D eigenvalue weighted by Crippen LogP contribution is 2.23. The van der Waals surface area contributed by atoms with Crippen LogP contribution in [0.3, 0.4) is 0 Å². The van der Waals surface area contributed by atoms with Gasteiger partial charge in [-0.2, -0.15) is 0 Å². The number of H-pyrrole nitrogens is 1. The number of nitrogens with one attached hydrogen (secondary N) is 1. The van der Waals surface area contributed by atoms with Gasteiger partial charge in [-0.3, -0.25) is 9.59 Å². The predicted molar refractivity (Wildman–Crippen MR) is 143 cm³/mol. The maximum Gasteiger partial charge on any atom is 0.311 e. The molecular weight excluding hydrogens is 424 g/mol. The lowest BCUT2D eigenvalue weighted by molar-refractivity contribution is -0.923. The van der Waals surface area contributed by atoms with E-state index in [1.54, 1.807) is 6.07 Å². The van der Waals surface area contributed by atoms with Crippen LogP contribution in [-0.2, 0) is 11.2 Å². The summed E-state index contributed by atoms with van der Waals surface area (Å²) >= 11 is 0. The highest BCUT2D eigenvalue weighted by atomic mass is 16.5. The van der Waals surface area contributed by atoms with E-state index < -0.39 is 0 Å². The summed E-state index contributed by atoms with van der Waals surface area (Å²) in [6, 6.07) is 5.50. The Morgan fingerprint density at radius 1 is 0.882 bits per heavy atom. The van der Waals surface area contributed by atoms with Crippen LogP contribution in [0.1, 0.15) is 96.6 Å². The van der Waals surface area contributed by atoms with Crippen molar-refractivity contribution >= 4 is 16.9 Å². The van der Waals surface area contributed by atoms with Crippen molar-refractivity contribution in [3.05, 3.63) is 39.7 Å². The van der Waals surface area contributed by atoms with E-state index in [9.17, 15) is 9.59 Å². The quantitative estimate of drug-likeness (QED) is 0.128. The van der Waals surface area contributed by atoms with Crippen LogP contribution in [0, 0.1) is 6.92 Å². The number of carbonyl (C=O) groups is 1. The SMILES string of the molecule is CCc1c(C)c2ccc(OC(=O)CCCCCCCCCC[N+](CC)(CC)CC)cc2[nH]c1=O. The van der Waals surface area contributed by atoms with Gasteiger partial charge in [0.1, 0.15) is 5.75 Å². The molecule has 190 valence electrons. The molecule has 0 amide bonds. The summed E-state index contributed by atoms with van der Waals surface area (Å²) in [5.41, 5.74) is 2.46. The third kappa shape index (κ3) is 7.97. The highest BCUT2D eigenvalue weighted by Gasteiger charge is 2.19. The third-order valence-corrected chi connectivity index (χ3v) is 7.73. The van der Waals surface area contributed by atoms with Gasteiger partial charge in [0.05, 0.1) is 31.7 Å². The molecule has 1 aromatic carbocycles. The van der Waals surface area contributed by atoms with Crippen molar-refractivity contribution in [2.75, 3.05) is 26.2 Å². The number of ether oxygens (including phenoxy) is 1. The third-order valence-electron chi connectivity index (χ3n) is 7.73. The van der Waals surface area contributed by atoms with Gasteiger partial charge in [-0.15, -0.1) is 0 Å². The van der Waals surface area contributed by atoms with Gasteiger partial charge in [0, 0.05) is 23.4 Å². The number of hydrogen-bond acceptors (Lipinski definition) is 3. The number of fused-ring (bicyclic) bond motifs is 1. The Bertz CT molecular complexity index is 951. The fraction of sp³-hybridized carbons (Fsp3) is 0.655. The van der Waals surface area contributed by atoms with Gasteiger partial charge in [0.2, 0.25) is 0 Å². The monoisotopic (exact) mass is 471 g/mol. The highest BCUT2D eigenvalue weighted by molar-refractivity contribution is 5.85. The first-order valence-electron chi connectivity index (χ1n) is 13.6. The molecule has 0 spiro atoms. The first-order chi connectivity index (χ1) is 16.4. The van der Waals surface area contributed by atoms with Crippen molar-refractivity contribution in [3.63, 3.8) is 0 Å². The first-order valence-corrected chi connectivity index (χ1v) is 13.6. The summed E-state index contributed by atoms with van der Waals surface area (Å²) in [6.45, 7) is 15.9. The molecule has 5 heteroatoms.